The quantitative estimate of drug-likeness (QED) is 0.380. The number of aliphatic hydroxyl groups excluding tert-OH is 3. The number of carboxylic acids is 1. The Labute approximate surface area is 127 Å². The zero-order valence-corrected chi connectivity index (χ0v) is 12.7. The highest BCUT2D eigenvalue weighted by Gasteiger charge is 2.54. The Bertz CT molecular complexity index is 417. The minimum Gasteiger partial charge on any atom is -0.477 e. The van der Waals surface area contributed by atoms with Crippen molar-refractivity contribution < 1.29 is 39.5 Å². The summed E-state index contributed by atoms with van der Waals surface area (Å²) in [5.74, 6) is -4.71. The van der Waals surface area contributed by atoms with Crippen molar-refractivity contribution in [3.05, 3.63) is 0 Å². The first-order valence-corrected chi connectivity index (χ1v) is 6.89. The number of ether oxygens (including phenoxy) is 2. The summed E-state index contributed by atoms with van der Waals surface area (Å²) in [5, 5.41) is 40.9. The first kappa shape index (κ1) is 18.8. The van der Waals surface area contributed by atoms with Gasteiger partial charge in [0.2, 0.25) is 5.91 Å². The molecule has 1 amide bonds. The van der Waals surface area contributed by atoms with E-state index in [0.717, 1.165) is 7.11 Å². The zero-order valence-electron chi connectivity index (χ0n) is 12.7. The maximum absolute atomic E-state index is 11.4. The van der Waals surface area contributed by atoms with Gasteiger partial charge in [-0.3, -0.25) is 4.79 Å². The van der Waals surface area contributed by atoms with Gasteiger partial charge in [0.15, 0.2) is 0 Å². The average molecular weight is 321 g/mol. The number of carboxylic acid groups (broad SMARTS) is 1. The first-order valence-electron chi connectivity index (χ1n) is 6.89. The lowest BCUT2D eigenvalue weighted by Gasteiger charge is -2.46. The van der Waals surface area contributed by atoms with Crippen molar-refractivity contribution in [1.82, 2.24) is 5.32 Å². The van der Waals surface area contributed by atoms with E-state index >= 15 is 0 Å². The normalized spacial score (nSPS) is 34.7. The Hall–Kier alpha value is -1.26. The van der Waals surface area contributed by atoms with Crippen molar-refractivity contribution in [2.24, 2.45) is 5.92 Å². The highest BCUT2D eigenvalue weighted by molar-refractivity contribution is 5.76. The van der Waals surface area contributed by atoms with Crippen molar-refractivity contribution >= 4 is 11.9 Å². The van der Waals surface area contributed by atoms with Crippen LogP contribution in [0.1, 0.15) is 20.3 Å². The summed E-state index contributed by atoms with van der Waals surface area (Å²) in [6.45, 7) is 2.18. The van der Waals surface area contributed by atoms with Crippen LogP contribution in [0, 0.1) is 5.92 Å². The molecule has 0 aliphatic carbocycles. The minimum absolute atomic E-state index is 0.387. The van der Waals surface area contributed by atoms with Gasteiger partial charge in [-0.15, -0.1) is 0 Å². The van der Waals surface area contributed by atoms with Crippen molar-refractivity contribution in [1.29, 1.82) is 0 Å². The van der Waals surface area contributed by atoms with Gasteiger partial charge in [-0.1, -0.05) is 6.92 Å². The van der Waals surface area contributed by atoms with Gasteiger partial charge in [-0.05, 0) is 0 Å². The summed E-state index contributed by atoms with van der Waals surface area (Å²) >= 11 is 0. The van der Waals surface area contributed by atoms with Gasteiger partial charge < -0.3 is 35.2 Å². The summed E-state index contributed by atoms with van der Waals surface area (Å²) in [7, 11) is 1.13. The molecule has 1 aliphatic rings. The van der Waals surface area contributed by atoms with E-state index < -0.39 is 54.5 Å². The predicted molar refractivity (Wildman–Crippen MR) is 72.7 cm³/mol. The summed E-state index contributed by atoms with van der Waals surface area (Å²) in [4.78, 5) is 22.7. The van der Waals surface area contributed by atoms with Crippen molar-refractivity contribution in [3.63, 3.8) is 0 Å². The number of carbonyl (C=O) groups is 2. The lowest BCUT2D eigenvalue weighted by atomic mass is 9.84. The fraction of sp³-hybridized carbons (Fsp3) is 0.846. The number of aliphatic carboxylic acids is 1. The molecule has 0 radical (unpaired) electrons. The third-order valence-corrected chi connectivity index (χ3v) is 3.91. The van der Waals surface area contributed by atoms with Crippen LogP contribution in [-0.4, -0.2) is 76.2 Å². The van der Waals surface area contributed by atoms with Crippen molar-refractivity contribution in [2.45, 2.75) is 50.4 Å². The number of carbonyl (C=O) groups excluding carboxylic acids is 1. The lowest BCUT2D eigenvalue weighted by Crippen LogP contribution is -2.66. The number of amides is 1. The second-order valence-electron chi connectivity index (χ2n) is 5.45. The summed E-state index contributed by atoms with van der Waals surface area (Å²) in [5.41, 5.74) is 0. The molecule has 0 aromatic rings. The number of nitrogens with one attached hydrogen (secondary N) is 1. The van der Waals surface area contributed by atoms with Crippen LogP contribution in [0.15, 0.2) is 0 Å². The highest BCUT2D eigenvalue weighted by Crippen LogP contribution is 2.34. The SMILES string of the molecule is COC1(C(=O)O)CC(O)C(NC(C)=O)C(C(C)C(O)CO)O1. The monoisotopic (exact) mass is 321 g/mol. The smallest absolute Gasteiger partial charge is 0.364 e. The van der Waals surface area contributed by atoms with Gasteiger partial charge in [0.05, 0.1) is 31.0 Å². The molecule has 1 aliphatic heterocycles. The lowest BCUT2D eigenvalue weighted by molar-refractivity contribution is -0.297. The molecular formula is C13H23NO8. The number of rotatable bonds is 6. The molecule has 0 aromatic carbocycles. The average Bonchev–Trinajstić information content (AvgIpc) is 2.46. The van der Waals surface area contributed by atoms with Gasteiger partial charge in [0, 0.05) is 26.4 Å². The molecule has 0 aromatic heterocycles. The highest BCUT2D eigenvalue weighted by atomic mass is 16.7. The van der Waals surface area contributed by atoms with Crippen molar-refractivity contribution in [3.8, 4) is 0 Å². The molecule has 0 bridgehead atoms. The molecule has 128 valence electrons. The molecule has 1 rings (SSSR count). The Morgan fingerprint density at radius 2 is 2.09 bits per heavy atom. The molecule has 6 atom stereocenters. The van der Waals surface area contributed by atoms with Crippen LogP contribution >= 0.6 is 0 Å². The number of hydrogen-bond donors (Lipinski definition) is 5. The van der Waals surface area contributed by atoms with Crippen LogP contribution in [0.25, 0.3) is 0 Å². The van der Waals surface area contributed by atoms with E-state index in [4.69, 9.17) is 14.6 Å². The second-order valence-corrected chi connectivity index (χ2v) is 5.45. The Balaban J connectivity index is 3.14. The van der Waals surface area contributed by atoms with Crippen LogP contribution in [0.5, 0.6) is 0 Å². The Morgan fingerprint density at radius 1 is 1.50 bits per heavy atom. The van der Waals surface area contributed by atoms with Gasteiger partial charge in [0.25, 0.3) is 5.79 Å². The van der Waals surface area contributed by atoms with Gasteiger partial charge in [0.1, 0.15) is 0 Å². The number of aliphatic hydroxyl groups is 3. The minimum atomic E-state index is -2.08. The summed E-state index contributed by atoms with van der Waals surface area (Å²) < 4.78 is 10.4. The van der Waals surface area contributed by atoms with Crippen LogP contribution in [0.4, 0.5) is 0 Å². The standard InChI is InChI=1S/C13H23NO8/c1-6(9(18)5-15)11-10(14-7(2)16)8(17)4-13(21-3,22-11)12(19)20/h6,8-11,15,17-18H,4-5H2,1-3H3,(H,14,16)(H,19,20). The molecule has 22 heavy (non-hydrogen) atoms. The molecule has 1 saturated heterocycles. The molecule has 5 N–H and O–H groups in total. The molecule has 6 unspecified atom stereocenters. The summed E-state index contributed by atoms with van der Waals surface area (Å²) in [6, 6.07) is -0.934. The van der Waals surface area contributed by atoms with E-state index in [1.54, 1.807) is 0 Å². The van der Waals surface area contributed by atoms with Gasteiger partial charge in [-0.25, -0.2) is 4.79 Å². The molecule has 0 spiro atoms. The predicted octanol–water partition coefficient (Wildman–Crippen LogP) is -1.94. The van der Waals surface area contributed by atoms with Crippen LogP contribution < -0.4 is 5.32 Å². The third kappa shape index (κ3) is 3.73. The maximum Gasteiger partial charge on any atom is 0.364 e. The maximum atomic E-state index is 11.4. The van der Waals surface area contributed by atoms with Gasteiger partial charge in [-0.2, -0.15) is 0 Å². The fourth-order valence-electron chi connectivity index (χ4n) is 2.55. The second kappa shape index (κ2) is 7.34. The largest absolute Gasteiger partial charge is 0.477 e. The van der Waals surface area contributed by atoms with E-state index in [9.17, 15) is 24.9 Å². The summed E-state index contributed by atoms with van der Waals surface area (Å²) in [6.07, 6.45) is -3.92. The Kier molecular flexibility index (Phi) is 6.27. The molecule has 9 nitrogen and oxygen atoms in total. The molecule has 1 heterocycles. The topological polar surface area (TPSA) is 146 Å². The van der Waals surface area contributed by atoms with Crippen molar-refractivity contribution in [2.75, 3.05) is 13.7 Å². The van der Waals surface area contributed by atoms with Crippen LogP contribution in [0.2, 0.25) is 0 Å². The van der Waals surface area contributed by atoms with E-state index in [0.29, 0.717) is 0 Å². The zero-order chi connectivity index (χ0) is 17.1. The van der Waals surface area contributed by atoms with E-state index in [1.807, 2.05) is 0 Å². The molecule has 0 saturated carbocycles. The number of methoxy groups -OCH3 is 1. The van der Waals surface area contributed by atoms with E-state index in [1.165, 1.54) is 13.8 Å². The van der Waals surface area contributed by atoms with E-state index in [2.05, 4.69) is 5.32 Å². The number of hydrogen-bond acceptors (Lipinski definition) is 7. The van der Waals surface area contributed by atoms with Gasteiger partial charge >= 0.3 is 5.97 Å². The molecular weight excluding hydrogens is 298 g/mol. The van der Waals surface area contributed by atoms with Crippen LogP contribution in [0.3, 0.4) is 0 Å². The molecule has 1 fully saturated rings. The fourth-order valence-corrected chi connectivity index (χ4v) is 2.55. The molecule has 9 heteroatoms. The third-order valence-electron chi connectivity index (χ3n) is 3.91. The van der Waals surface area contributed by atoms with Crippen LogP contribution in [-0.2, 0) is 19.1 Å². The van der Waals surface area contributed by atoms with E-state index in [-0.39, 0.29) is 6.42 Å². The first-order chi connectivity index (χ1) is 10.2. The Morgan fingerprint density at radius 3 is 2.50 bits per heavy atom.